The maximum absolute atomic E-state index is 12.3. The molecule has 1 aliphatic heterocycles. The molecule has 0 spiro atoms. The molecule has 1 aromatic heterocycles. The third kappa shape index (κ3) is 5.63. The first-order valence-corrected chi connectivity index (χ1v) is 9.40. The van der Waals surface area contributed by atoms with Gasteiger partial charge in [0.2, 0.25) is 15.9 Å². The van der Waals surface area contributed by atoms with Crippen LogP contribution in [-0.4, -0.2) is 56.2 Å². The Balaban J connectivity index is 1.72. The average molecular weight is 344 g/mol. The summed E-state index contributed by atoms with van der Waals surface area (Å²) in [6.45, 7) is 4.54. The molecule has 1 saturated heterocycles. The zero-order valence-corrected chi connectivity index (χ0v) is 14.3. The second-order valence-corrected chi connectivity index (χ2v) is 7.91. The van der Waals surface area contributed by atoms with Crippen LogP contribution in [0.3, 0.4) is 0 Å². The first-order chi connectivity index (χ1) is 10.9. The molecule has 130 valence electrons. The summed E-state index contributed by atoms with van der Waals surface area (Å²) in [5, 5.41) is 2.65. The molecule has 0 saturated carbocycles. The Hall–Kier alpha value is -1.38. The van der Waals surface area contributed by atoms with Gasteiger partial charge in [-0.2, -0.15) is 4.31 Å². The van der Waals surface area contributed by atoms with E-state index in [2.05, 4.69) is 5.32 Å². The number of carbonyl (C=O) groups excluding carboxylic acids is 1. The molecule has 0 aliphatic carbocycles. The summed E-state index contributed by atoms with van der Waals surface area (Å²) < 4.78 is 36.7. The highest BCUT2D eigenvalue weighted by Crippen LogP contribution is 2.14. The SMILES string of the molecule is C[C@H]1CN(S(=O)(=O)CCNC(=O)CCc2ccco2)C[C@H](C)O1. The van der Waals surface area contributed by atoms with Crippen molar-refractivity contribution in [3.05, 3.63) is 24.2 Å². The van der Waals surface area contributed by atoms with E-state index in [0.717, 1.165) is 5.76 Å². The van der Waals surface area contributed by atoms with Crippen LogP contribution in [0.5, 0.6) is 0 Å². The fourth-order valence-corrected chi connectivity index (χ4v) is 4.08. The maximum Gasteiger partial charge on any atom is 0.220 e. The van der Waals surface area contributed by atoms with E-state index in [4.69, 9.17) is 9.15 Å². The molecule has 7 nitrogen and oxygen atoms in total. The Kier molecular flexibility index (Phi) is 6.20. The van der Waals surface area contributed by atoms with Crippen molar-refractivity contribution >= 4 is 15.9 Å². The van der Waals surface area contributed by atoms with E-state index < -0.39 is 10.0 Å². The molecule has 8 heteroatoms. The van der Waals surface area contributed by atoms with Crippen LogP contribution in [0.15, 0.2) is 22.8 Å². The maximum atomic E-state index is 12.3. The molecule has 1 aromatic rings. The molecule has 0 radical (unpaired) electrons. The lowest BCUT2D eigenvalue weighted by Crippen LogP contribution is -2.49. The van der Waals surface area contributed by atoms with Crippen molar-refractivity contribution in [2.75, 3.05) is 25.4 Å². The van der Waals surface area contributed by atoms with E-state index in [1.165, 1.54) is 4.31 Å². The minimum atomic E-state index is -3.38. The molecule has 2 rings (SSSR count). The fourth-order valence-electron chi connectivity index (χ4n) is 2.59. The van der Waals surface area contributed by atoms with Gasteiger partial charge in [-0.15, -0.1) is 0 Å². The summed E-state index contributed by atoms with van der Waals surface area (Å²) in [6.07, 6.45) is 2.11. The Bertz CT molecular complexity index is 589. The van der Waals surface area contributed by atoms with Crippen LogP contribution in [-0.2, 0) is 26.0 Å². The van der Waals surface area contributed by atoms with Gasteiger partial charge >= 0.3 is 0 Å². The molecule has 1 amide bonds. The quantitative estimate of drug-likeness (QED) is 0.789. The van der Waals surface area contributed by atoms with Crippen molar-refractivity contribution in [1.82, 2.24) is 9.62 Å². The van der Waals surface area contributed by atoms with Gasteiger partial charge < -0.3 is 14.5 Å². The zero-order chi connectivity index (χ0) is 16.9. The number of carbonyl (C=O) groups is 1. The van der Waals surface area contributed by atoms with E-state index in [1.54, 1.807) is 18.4 Å². The summed E-state index contributed by atoms with van der Waals surface area (Å²) >= 11 is 0. The van der Waals surface area contributed by atoms with Crippen molar-refractivity contribution in [2.24, 2.45) is 0 Å². The monoisotopic (exact) mass is 344 g/mol. The van der Waals surface area contributed by atoms with Crippen LogP contribution in [0.4, 0.5) is 0 Å². The Labute approximate surface area is 137 Å². The third-order valence-electron chi connectivity index (χ3n) is 3.64. The van der Waals surface area contributed by atoms with Gasteiger partial charge in [0.1, 0.15) is 5.76 Å². The van der Waals surface area contributed by atoms with Gasteiger partial charge in [-0.25, -0.2) is 8.42 Å². The summed E-state index contributed by atoms with van der Waals surface area (Å²) in [5.41, 5.74) is 0. The molecular weight excluding hydrogens is 320 g/mol. The molecule has 0 unspecified atom stereocenters. The van der Waals surface area contributed by atoms with Crippen LogP contribution < -0.4 is 5.32 Å². The van der Waals surface area contributed by atoms with E-state index in [-0.39, 0.29) is 36.8 Å². The van der Waals surface area contributed by atoms with Crippen molar-refractivity contribution in [3.63, 3.8) is 0 Å². The van der Waals surface area contributed by atoms with Crippen molar-refractivity contribution in [1.29, 1.82) is 0 Å². The molecule has 0 bridgehead atoms. The summed E-state index contributed by atoms with van der Waals surface area (Å²) in [7, 11) is -3.38. The fraction of sp³-hybridized carbons (Fsp3) is 0.667. The first kappa shape index (κ1) is 18.0. The summed E-state index contributed by atoms with van der Waals surface area (Å²) in [5.74, 6) is 0.461. The summed E-state index contributed by atoms with van der Waals surface area (Å²) in [4.78, 5) is 11.7. The van der Waals surface area contributed by atoms with Crippen LogP contribution in [0.25, 0.3) is 0 Å². The van der Waals surface area contributed by atoms with Crippen LogP contribution in [0.1, 0.15) is 26.0 Å². The first-order valence-electron chi connectivity index (χ1n) is 7.79. The van der Waals surface area contributed by atoms with Gasteiger partial charge in [0.05, 0.1) is 24.2 Å². The number of morpholine rings is 1. The lowest BCUT2D eigenvalue weighted by atomic mass is 10.2. The molecule has 2 heterocycles. The van der Waals surface area contributed by atoms with Gasteiger partial charge in [-0.05, 0) is 26.0 Å². The standard InChI is InChI=1S/C15H24N2O5S/c1-12-10-17(11-13(2)22-12)23(19,20)9-7-16-15(18)6-5-14-4-3-8-21-14/h3-4,8,12-13H,5-7,9-11H2,1-2H3,(H,16,18)/t12-,13-/m0/s1. The minimum Gasteiger partial charge on any atom is -0.469 e. The second-order valence-electron chi connectivity index (χ2n) is 5.82. The van der Waals surface area contributed by atoms with Crippen LogP contribution in [0, 0.1) is 0 Å². The van der Waals surface area contributed by atoms with E-state index in [1.807, 2.05) is 13.8 Å². The van der Waals surface area contributed by atoms with Gasteiger partial charge in [0.25, 0.3) is 0 Å². The van der Waals surface area contributed by atoms with Gasteiger partial charge in [0, 0.05) is 32.5 Å². The smallest absolute Gasteiger partial charge is 0.220 e. The second kappa shape index (κ2) is 7.94. The van der Waals surface area contributed by atoms with Crippen LogP contribution in [0.2, 0.25) is 0 Å². The van der Waals surface area contributed by atoms with Crippen molar-refractivity contribution in [3.8, 4) is 0 Å². The number of hydrogen-bond donors (Lipinski definition) is 1. The topological polar surface area (TPSA) is 88.9 Å². The Morgan fingerprint density at radius 2 is 2.04 bits per heavy atom. The van der Waals surface area contributed by atoms with Crippen LogP contribution >= 0.6 is 0 Å². The average Bonchev–Trinajstić information content (AvgIpc) is 2.97. The lowest BCUT2D eigenvalue weighted by molar-refractivity contribution is -0.121. The number of aryl methyl sites for hydroxylation is 1. The molecule has 1 fully saturated rings. The van der Waals surface area contributed by atoms with Crippen molar-refractivity contribution in [2.45, 2.75) is 38.9 Å². The normalized spacial score (nSPS) is 22.9. The molecular formula is C15H24N2O5S. The van der Waals surface area contributed by atoms with Gasteiger partial charge in [-0.1, -0.05) is 0 Å². The number of nitrogens with one attached hydrogen (secondary N) is 1. The van der Waals surface area contributed by atoms with E-state index in [9.17, 15) is 13.2 Å². The molecule has 23 heavy (non-hydrogen) atoms. The number of sulfonamides is 1. The highest BCUT2D eigenvalue weighted by molar-refractivity contribution is 7.89. The predicted molar refractivity (Wildman–Crippen MR) is 85.4 cm³/mol. The molecule has 2 atom stereocenters. The number of rotatable bonds is 7. The van der Waals surface area contributed by atoms with Crippen molar-refractivity contribution < 1.29 is 22.4 Å². The Morgan fingerprint density at radius 1 is 1.35 bits per heavy atom. The number of ether oxygens (including phenoxy) is 1. The highest BCUT2D eigenvalue weighted by Gasteiger charge is 2.30. The minimum absolute atomic E-state index is 0.0983. The Morgan fingerprint density at radius 3 is 2.65 bits per heavy atom. The number of furan rings is 1. The summed E-state index contributed by atoms with van der Waals surface area (Å²) in [6, 6.07) is 3.57. The van der Waals surface area contributed by atoms with E-state index in [0.29, 0.717) is 19.5 Å². The number of amides is 1. The zero-order valence-electron chi connectivity index (χ0n) is 13.5. The number of nitrogens with zero attached hydrogens (tertiary/aromatic N) is 1. The highest BCUT2D eigenvalue weighted by atomic mass is 32.2. The third-order valence-corrected chi connectivity index (χ3v) is 5.45. The molecule has 1 aliphatic rings. The van der Waals surface area contributed by atoms with Gasteiger partial charge in [-0.3, -0.25) is 4.79 Å². The van der Waals surface area contributed by atoms with E-state index >= 15 is 0 Å². The predicted octanol–water partition coefficient (Wildman–Crippen LogP) is 0.767. The van der Waals surface area contributed by atoms with Gasteiger partial charge in [0.15, 0.2) is 0 Å². The molecule has 0 aromatic carbocycles. The lowest BCUT2D eigenvalue weighted by Gasteiger charge is -2.34. The number of hydrogen-bond acceptors (Lipinski definition) is 5. The molecule has 1 N–H and O–H groups in total. The largest absolute Gasteiger partial charge is 0.469 e.